The van der Waals surface area contributed by atoms with E-state index in [-0.39, 0.29) is 6.42 Å². The summed E-state index contributed by atoms with van der Waals surface area (Å²) in [5, 5.41) is 16.4. The zero-order valence-electron chi connectivity index (χ0n) is 10.5. The summed E-state index contributed by atoms with van der Waals surface area (Å²) < 4.78 is 0. The molecule has 0 aliphatic heterocycles. The first-order valence-corrected chi connectivity index (χ1v) is 6.24. The van der Waals surface area contributed by atoms with Crippen molar-refractivity contribution in [3.63, 3.8) is 0 Å². The van der Waals surface area contributed by atoms with Crippen LogP contribution in [0.5, 0.6) is 0 Å². The molecule has 1 rings (SSSR count). The molecule has 0 saturated heterocycles. The second-order valence-corrected chi connectivity index (χ2v) is 4.41. The normalized spacial score (nSPS) is 10.2. The highest BCUT2D eigenvalue weighted by Gasteiger charge is 2.01. The number of rotatable bonds is 8. The number of unbranched alkanes of at least 4 members (excludes halogenated alkanes) is 3. The summed E-state index contributed by atoms with van der Waals surface area (Å²) in [7, 11) is 0. The van der Waals surface area contributed by atoms with Crippen LogP contribution in [0.25, 0.3) is 0 Å². The lowest BCUT2D eigenvalue weighted by Crippen LogP contribution is -1.99. The Hall–Kier alpha value is -1.84. The second kappa shape index (κ2) is 7.48. The highest BCUT2D eigenvalue weighted by molar-refractivity contribution is 5.98. The van der Waals surface area contributed by atoms with Gasteiger partial charge in [-0.3, -0.25) is 4.79 Å². The SMILES string of the molecule is N=C(CCCCCCC(=O)O)c1ccc(N)cc1. The van der Waals surface area contributed by atoms with E-state index in [1.54, 1.807) is 12.1 Å². The third-order valence-corrected chi connectivity index (χ3v) is 2.83. The molecule has 1 aromatic carbocycles. The molecule has 98 valence electrons. The Bertz CT molecular complexity index is 399. The summed E-state index contributed by atoms with van der Waals surface area (Å²) in [5.41, 5.74) is 7.83. The van der Waals surface area contributed by atoms with Crippen LogP contribution in [-0.4, -0.2) is 16.8 Å². The van der Waals surface area contributed by atoms with Gasteiger partial charge in [0.15, 0.2) is 0 Å². The summed E-state index contributed by atoms with van der Waals surface area (Å²) in [4.78, 5) is 10.3. The lowest BCUT2D eigenvalue weighted by molar-refractivity contribution is -0.137. The van der Waals surface area contributed by atoms with E-state index < -0.39 is 5.97 Å². The quantitative estimate of drug-likeness (QED) is 0.375. The number of nitrogens with two attached hydrogens (primary N) is 1. The molecule has 4 heteroatoms. The molecule has 0 aliphatic carbocycles. The molecular formula is C14H20N2O2. The first kappa shape index (κ1) is 14.2. The van der Waals surface area contributed by atoms with Crippen molar-refractivity contribution < 1.29 is 9.90 Å². The van der Waals surface area contributed by atoms with Crippen molar-refractivity contribution in [1.82, 2.24) is 0 Å². The van der Waals surface area contributed by atoms with Crippen LogP contribution in [0.4, 0.5) is 5.69 Å². The summed E-state index contributed by atoms with van der Waals surface area (Å²) in [6.45, 7) is 0. The van der Waals surface area contributed by atoms with Crippen LogP contribution in [0, 0.1) is 5.41 Å². The van der Waals surface area contributed by atoms with Crippen LogP contribution in [-0.2, 0) is 4.79 Å². The van der Waals surface area contributed by atoms with Gasteiger partial charge in [-0.2, -0.15) is 0 Å². The predicted molar refractivity (Wildman–Crippen MR) is 73.0 cm³/mol. The van der Waals surface area contributed by atoms with Gasteiger partial charge in [-0.25, -0.2) is 0 Å². The molecule has 0 heterocycles. The average molecular weight is 248 g/mol. The van der Waals surface area contributed by atoms with E-state index in [2.05, 4.69) is 0 Å². The molecule has 0 fully saturated rings. The number of hydrogen-bond donors (Lipinski definition) is 3. The molecule has 0 radical (unpaired) electrons. The van der Waals surface area contributed by atoms with E-state index >= 15 is 0 Å². The highest BCUT2D eigenvalue weighted by Crippen LogP contribution is 2.11. The highest BCUT2D eigenvalue weighted by atomic mass is 16.4. The number of carboxylic acid groups (broad SMARTS) is 1. The van der Waals surface area contributed by atoms with Crippen LogP contribution in [0.15, 0.2) is 24.3 Å². The van der Waals surface area contributed by atoms with Crippen molar-refractivity contribution in [2.45, 2.75) is 38.5 Å². The molecule has 0 unspecified atom stereocenters. The largest absolute Gasteiger partial charge is 0.481 e. The second-order valence-electron chi connectivity index (χ2n) is 4.41. The fourth-order valence-electron chi connectivity index (χ4n) is 1.76. The molecule has 0 saturated carbocycles. The lowest BCUT2D eigenvalue weighted by atomic mass is 10.0. The molecule has 0 spiro atoms. The van der Waals surface area contributed by atoms with Crippen molar-refractivity contribution in [1.29, 1.82) is 5.41 Å². The average Bonchev–Trinajstić information content (AvgIpc) is 2.34. The van der Waals surface area contributed by atoms with Gasteiger partial charge in [0.1, 0.15) is 0 Å². The molecular weight excluding hydrogens is 228 g/mol. The standard InChI is InChI=1S/C14H20N2O2/c15-12-9-7-11(8-10-12)13(16)5-3-1-2-4-6-14(17)18/h7-10,16H,1-6,15H2,(H,17,18). The van der Waals surface area contributed by atoms with Gasteiger partial charge in [-0.15, -0.1) is 0 Å². The Morgan fingerprint density at radius 1 is 1.06 bits per heavy atom. The molecule has 4 nitrogen and oxygen atoms in total. The van der Waals surface area contributed by atoms with Crippen molar-refractivity contribution in [2.24, 2.45) is 0 Å². The fourth-order valence-corrected chi connectivity index (χ4v) is 1.76. The molecule has 4 N–H and O–H groups in total. The van der Waals surface area contributed by atoms with Gasteiger partial charge in [-0.05, 0) is 37.0 Å². The third kappa shape index (κ3) is 5.48. The third-order valence-electron chi connectivity index (χ3n) is 2.83. The smallest absolute Gasteiger partial charge is 0.303 e. The summed E-state index contributed by atoms with van der Waals surface area (Å²) in [6, 6.07) is 7.33. The number of anilines is 1. The summed E-state index contributed by atoms with van der Waals surface area (Å²) in [5.74, 6) is -0.732. The number of benzene rings is 1. The maximum atomic E-state index is 10.3. The Labute approximate surface area is 107 Å². The van der Waals surface area contributed by atoms with E-state index in [1.807, 2.05) is 12.1 Å². The molecule has 1 aromatic rings. The van der Waals surface area contributed by atoms with Crippen LogP contribution < -0.4 is 5.73 Å². The minimum atomic E-state index is -0.732. The van der Waals surface area contributed by atoms with Crippen molar-refractivity contribution >= 4 is 17.4 Å². The van der Waals surface area contributed by atoms with Crippen LogP contribution in [0.1, 0.15) is 44.1 Å². The Morgan fingerprint density at radius 3 is 2.17 bits per heavy atom. The first-order valence-electron chi connectivity index (χ1n) is 6.24. The van der Waals surface area contributed by atoms with Gasteiger partial charge in [0.05, 0.1) is 0 Å². The number of aliphatic carboxylic acids is 1. The van der Waals surface area contributed by atoms with Gasteiger partial charge in [0.2, 0.25) is 0 Å². The first-order chi connectivity index (χ1) is 8.59. The predicted octanol–water partition coefficient (Wildman–Crippen LogP) is 3.06. The van der Waals surface area contributed by atoms with Gasteiger partial charge < -0.3 is 16.2 Å². The topological polar surface area (TPSA) is 87.2 Å². The van der Waals surface area contributed by atoms with E-state index in [0.717, 1.165) is 37.7 Å². The van der Waals surface area contributed by atoms with E-state index in [9.17, 15) is 4.79 Å². The van der Waals surface area contributed by atoms with Gasteiger partial charge in [0.25, 0.3) is 0 Å². The van der Waals surface area contributed by atoms with Crippen molar-refractivity contribution in [3.8, 4) is 0 Å². The molecule has 0 atom stereocenters. The molecule has 0 bridgehead atoms. The summed E-state index contributed by atoms with van der Waals surface area (Å²) >= 11 is 0. The zero-order valence-corrected chi connectivity index (χ0v) is 10.5. The van der Waals surface area contributed by atoms with Gasteiger partial charge in [0, 0.05) is 17.8 Å². The van der Waals surface area contributed by atoms with Crippen molar-refractivity contribution in [2.75, 3.05) is 5.73 Å². The van der Waals surface area contributed by atoms with Crippen LogP contribution >= 0.6 is 0 Å². The minimum Gasteiger partial charge on any atom is -0.481 e. The minimum absolute atomic E-state index is 0.245. The molecule has 0 aliphatic rings. The Kier molecular flexibility index (Phi) is 5.91. The monoisotopic (exact) mass is 248 g/mol. The Morgan fingerprint density at radius 2 is 1.61 bits per heavy atom. The lowest BCUT2D eigenvalue weighted by Gasteiger charge is -2.04. The number of hydrogen-bond acceptors (Lipinski definition) is 3. The van der Waals surface area contributed by atoms with E-state index in [0.29, 0.717) is 11.4 Å². The fraction of sp³-hybridized carbons (Fsp3) is 0.429. The maximum Gasteiger partial charge on any atom is 0.303 e. The van der Waals surface area contributed by atoms with E-state index in [4.69, 9.17) is 16.2 Å². The van der Waals surface area contributed by atoms with Crippen molar-refractivity contribution in [3.05, 3.63) is 29.8 Å². The zero-order chi connectivity index (χ0) is 13.4. The summed E-state index contributed by atoms with van der Waals surface area (Å²) in [6.07, 6.45) is 4.53. The van der Waals surface area contributed by atoms with Crippen LogP contribution in [0.2, 0.25) is 0 Å². The number of carbonyl (C=O) groups is 1. The Balaban J connectivity index is 2.17. The number of nitrogens with one attached hydrogen (secondary N) is 1. The molecule has 0 aromatic heterocycles. The maximum absolute atomic E-state index is 10.3. The van der Waals surface area contributed by atoms with E-state index in [1.165, 1.54) is 0 Å². The molecule has 0 amide bonds. The number of carboxylic acids is 1. The number of nitrogen functional groups attached to an aromatic ring is 1. The molecule has 18 heavy (non-hydrogen) atoms. The van der Waals surface area contributed by atoms with Gasteiger partial charge in [-0.1, -0.05) is 25.0 Å². The van der Waals surface area contributed by atoms with Gasteiger partial charge >= 0.3 is 5.97 Å². The van der Waals surface area contributed by atoms with Crippen LogP contribution in [0.3, 0.4) is 0 Å².